The van der Waals surface area contributed by atoms with Crippen molar-refractivity contribution in [2.24, 2.45) is 0 Å². The Hall–Kier alpha value is -3.78. The van der Waals surface area contributed by atoms with Crippen molar-refractivity contribution in [1.82, 2.24) is 5.32 Å². The number of carbonyl (C=O) groups excluding carboxylic acids is 2. The summed E-state index contributed by atoms with van der Waals surface area (Å²) in [6, 6.07) is 26.1. The second kappa shape index (κ2) is 13.0. The van der Waals surface area contributed by atoms with Gasteiger partial charge >= 0.3 is 11.9 Å². The predicted molar refractivity (Wildman–Crippen MR) is 159 cm³/mol. The van der Waals surface area contributed by atoms with Crippen LogP contribution in [-0.2, 0) is 20.7 Å². The molecule has 2 N–H and O–H groups in total. The summed E-state index contributed by atoms with van der Waals surface area (Å²) in [5.74, 6) is -0.851. The summed E-state index contributed by atoms with van der Waals surface area (Å²) in [5.41, 5.74) is 4.47. The maximum absolute atomic E-state index is 12.9. The van der Waals surface area contributed by atoms with Gasteiger partial charge in [0.25, 0.3) is 0 Å². The van der Waals surface area contributed by atoms with Gasteiger partial charge in [0.1, 0.15) is 17.7 Å². The minimum Gasteiger partial charge on any atom is -0.465 e. The van der Waals surface area contributed by atoms with E-state index >= 15 is 0 Å². The van der Waals surface area contributed by atoms with Crippen LogP contribution in [-0.4, -0.2) is 42.3 Å². The van der Waals surface area contributed by atoms with Crippen molar-refractivity contribution in [2.45, 2.75) is 44.9 Å². The van der Waals surface area contributed by atoms with E-state index in [4.69, 9.17) is 9.47 Å². The molecule has 6 nitrogen and oxygen atoms in total. The van der Waals surface area contributed by atoms with Gasteiger partial charge in [-0.05, 0) is 73.0 Å². The first-order valence-electron chi connectivity index (χ1n) is 13.2. The number of esters is 2. The lowest BCUT2D eigenvalue weighted by Crippen LogP contribution is -2.46. The summed E-state index contributed by atoms with van der Waals surface area (Å²) in [4.78, 5) is 26.3. The van der Waals surface area contributed by atoms with E-state index in [-0.39, 0.29) is 5.97 Å². The summed E-state index contributed by atoms with van der Waals surface area (Å²) < 4.78 is 10.6. The fraction of sp³-hybridized carbons (Fsp3) is 0.273. The smallest absolute Gasteiger partial charge is 0.338 e. The van der Waals surface area contributed by atoms with E-state index in [0.717, 1.165) is 27.1 Å². The van der Waals surface area contributed by atoms with Gasteiger partial charge in [-0.1, -0.05) is 66.7 Å². The van der Waals surface area contributed by atoms with Gasteiger partial charge in [-0.25, -0.2) is 4.79 Å². The van der Waals surface area contributed by atoms with Crippen molar-refractivity contribution >= 4 is 23.3 Å². The molecule has 1 heterocycles. The molecule has 7 heteroatoms. The van der Waals surface area contributed by atoms with Crippen molar-refractivity contribution in [3.8, 4) is 21.6 Å². The Balaban J connectivity index is 1.46. The zero-order valence-corrected chi connectivity index (χ0v) is 24.0. The number of benzene rings is 3. The molecule has 0 spiro atoms. The number of ether oxygens (including phenoxy) is 2. The van der Waals surface area contributed by atoms with Crippen molar-refractivity contribution in [3.05, 3.63) is 107 Å². The summed E-state index contributed by atoms with van der Waals surface area (Å²) in [7, 11) is 1.39. The second-order valence-electron chi connectivity index (χ2n) is 10.5. The third kappa shape index (κ3) is 7.45. The fourth-order valence-corrected chi connectivity index (χ4v) is 5.17. The first-order chi connectivity index (χ1) is 19.2. The van der Waals surface area contributed by atoms with E-state index in [2.05, 4.69) is 5.32 Å². The molecule has 3 aromatic carbocycles. The SMILES string of the molecule is COC(=O)c1ccc(-c2ccc(CCNC(C(=O)OC(C)(C)C)[C@H](O)c3ccccc3)cc2)cc1-c1cccs1. The molecule has 208 valence electrons. The fourth-order valence-electron chi connectivity index (χ4n) is 4.42. The van der Waals surface area contributed by atoms with Crippen LogP contribution in [0.15, 0.2) is 90.3 Å². The highest BCUT2D eigenvalue weighted by atomic mass is 32.1. The van der Waals surface area contributed by atoms with Gasteiger partial charge in [0.2, 0.25) is 0 Å². The van der Waals surface area contributed by atoms with Crippen LogP contribution in [0, 0.1) is 0 Å². The van der Waals surface area contributed by atoms with Crippen LogP contribution in [0.5, 0.6) is 0 Å². The van der Waals surface area contributed by atoms with Crippen LogP contribution in [0.25, 0.3) is 21.6 Å². The highest BCUT2D eigenvalue weighted by Gasteiger charge is 2.31. The van der Waals surface area contributed by atoms with E-state index in [1.54, 1.807) is 23.5 Å². The number of aliphatic hydroxyl groups excluding tert-OH is 1. The number of aliphatic hydroxyl groups is 1. The number of carbonyl (C=O) groups is 2. The lowest BCUT2D eigenvalue weighted by Gasteiger charge is -2.27. The van der Waals surface area contributed by atoms with E-state index in [1.165, 1.54) is 7.11 Å². The molecule has 0 aliphatic carbocycles. The average Bonchev–Trinajstić information content (AvgIpc) is 3.49. The van der Waals surface area contributed by atoms with Crippen molar-refractivity contribution in [1.29, 1.82) is 0 Å². The summed E-state index contributed by atoms with van der Waals surface area (Å²) in [6.07, 6.45) is -0.382. The Labute approximate surface area is 239 Å². The van der Waals surface area contributed by atoms with E-state index < -0.39 is 23.7 Å². The Morgan fingerprint density at radius 2 is 1.62 bits per heavy atom. The van der Waals surface area contributed by atoms with Crippen LogP contribution in [0.4, 0.5) is 0 Å². The van der Waals surface area contributed by atoms with Gasteiger partial charge in [0, 0.05) is 17.0 Å². The minimum atomic E-state index is -1.04. The number of thiophene rings is 1. The number of nitrogens with one attached hydrogen (secondary N) is 1. The molecule has 0 bridgehead atoms. The summed E-state index contributed by atoms with van der Waals surface area (Å²) in [5, 5.41) is 16.2. The van der Waals surface area contributed by atoms with E-state index in [1.807, 2.05) is 98.9 Å². The number of methoxy groups -OCH3 is 1. The van der Waals surface area contributed by atoms with Crippen molar-refractivity contribution in [2.75, 3.05) is 13.7 Å². The quantitative estimate of drug-likeness (QED) is 0.218. The van der Waals surface area contributed by atoms with Crippen LogP contribution >= 0.6 is 11.3 Å². The molecule has 2 atom stereocenters. The predicted octanol–water partition coefficient (Wildman–Crippen LogP) is 6.44. The molecule has 0 radical (unpaired) electrons. The molecule has 0 saturated carbocycles. The molecular formula is C33H35NO5S. The highest BCUT2D eigenvalue weighted by molar-refractivity contribution is 7.13. The van der Waals surface area contributed by atoms with Crippen LogP contribution in [0.2, 0.25) is 0 Å². The van der Waals surface area contributed by atoms with Gasteiger partial charge in [-0.3, -0.25) is 4.79 Å². The highest BCUT2D eigenvalue weighted by Crippen LogP contribution is 2.33. The average molecular weight is 558 g/mol. The Kier molecular flexibility index (Phi) is 9.53. The second-order valence-corrected chi connectivity index (χ2v) is 11.4. The normalized spacial score (nSPS) is 12.9. The maximum atomic E-state index is 12.9. The van der Waals surface area contributed by atoms with Crippen molar-refractivity contribution in [3.63, 3.8) is 0 Å². The molecule has 4 rings (SSSR count). The monoisotopic (exact) mass is 557 g/mol. The summed E-state index contributed by atoms with van der Waals surface area (Å²) >= 11 is 1.58. The van der Waals surface area contributed by atoms with Gasteiger partial charge < -0.3 is 19.9 Å². The van der Waals surface area contributed by atoms with Gasteiger partial charge in [0.05, 0.1) is 12.7 Å². The molecule has 0 saturated heterocycles. The van der Waals surface area contributed by atoms with Gasteiger partial charge in [-0.2, -0.15) is 0 Å². The number of hydrogen-bond acceptors (Lipinski definition) is 7. The summed E-state index contributed by atoms with van der Waals surface area (Å²) in [6.45, 7) is 5.91. The molecule has 40 heavy (non-hydrogen) atoms. The third-order valence-corrected chi connectivity index (χ3v) is 7.30. The first-order valence-corrected chi connectivity index (χ1v) is 14.1. The van der Waals surface area contributed by atoms with E-state index in [0.29, 0.717) is 24.1 Å². The first kappa shape index (κ1) is 29.2. The maximum Gasteiger partial charge on any atom is 0.338 e. The lowest BCUT2D eigenvalue weighted by atomic mass is 9.97. The molecule has 1 unspecified atom stereocenters. The number of hydrogen-bond donors (Lipinski definition) is 2. The topological polar surface area (TPSA) is 84.9 Å². The van der Waals surface area contributed by atoms with Crippen molar-refractivity contribution < 1.29 is 24.2 Å². The lowest BCUT2D eigenvalue weighted by molar-refractivity contribution is -0.160. The molecule has 0 amide bonds. The zero-order valence-electron chi connectivity index (χ0n) is 23.2. The van der Waals surface area contributed by atoms with Gasteiger partial charge in [0.15, 0.2) is 0 Å². The third-order valence-electron chi connectivity index (χ3n) is 6.39. The molecule has 1 aromatic heterocycles. The Morgan fingerprint density at radius 1 is 0.925 bits per heavy atom. The van der Waals surface area contributed by atoms with Crippen LogP contribution < -0.4 is 5.32 Å². The Bertz CT molecular complexity index is 1410. The Morgan fingerprint density at radius 3 is 2.25 bits per heavy atom. The molecule has 0 fully saturated rings. The number of rotatable bonds is 10. The molecular weight excluding hydrogens is 522 g/mol. The van der Waals surface area contributed by atoms with Crippen LogP contribution in [0.3, 0.4) is 0 Å². The van der Waals surface area contributed by atoms with E-state index in [9.17, 15) is 14.7 Å². The van der Waals surface area contributed by atoms with Gasteiger partial charge in [-0.15, -0.1) is 11.3 Å². The molecule has 4 aromatic rings. The standard InChI is InChI=1S/C33H35NO5S/c1-33(2,3)39-32(37)29(30(35)24-9-6-5-7-10-24)34-19-18-22-12-14-23(15-13-22)25-16-17-26(31(36)38-4)27(21-25)28-11-8-20-40-28/h5-17,20-21,29-30,34-35H,18-19H2,1-4H3/t29?,30-/m1/s1. The van der Waals surface area contributed by atoms with Crippen LogP contribution in [0.1, 0.15) is 48.4 Å². The molecule has 0 aliphatic heterocycles. The molecule has 0 aliphatic rings. The largest absolute Gasteiger partial charge is 0.465 e. The zero-order chi connectivity index (χ0) is 28.7. The minimum absolute atomic E-state index is 0.361.